The van der Waals surface area contributed by atoms with Crippen LogP contribution in [-0.2, 0) is 0 Å². The second-order valence-corrected chi connectivity index (χ2v) is 13.4. The van der Waals surface area contributed by atoms with Gasteiger partial charge in [-0.05, 0) is 60.2 Å². The molecule has 0 radical (unpaired) electrons. The van der Waals surface area contributed by atoms with Crippen LogP contribution >= 0.6 is 0 Å². The van der Waals surface area contributed by atoms with Crippen LogP contribution in [0.4, 0.5) is 0 Å². The molecule has 0 atom stereocenters. The molecule has 0 amide bonds. The van der Waals surface area contributed by atoms with Crippen LogP contribution in [0.15, 0.2) is 158 Å². The first kappa shape index (κ1) is 30.5. The summed E-state index contributed by atoms with van der Waals surface area (Å²) < 4.78 is 6.18. The van der Waals surface area contributed by atoms with Gasteiger partial charge in [-0.3, -0.25) is 13.7 Å². The number of benzene rings is 5. The number of para-hydroxylation sites is 3. The zero-order chi connectivity index (χ0) is 36.6. The van der Waals surface area contributed by atoms with Gasteiger partial charge in [-0.1, -0.05) is 84.9 Å². The summed E-state index contributed by atoms with van der Waals surface area (Å²) in [4.78, 5) is 14.9. The summed E-state index contributed by atoms with van der Waals surface area (Å²) in [5, 5.41) is 29.3. The van der Waals surface area contributed by atoms with E-state index >= 15 is 0 Å². The van der Waals surface area contributed by atoms with Crippen LogP contribution in [0.25, 0.3) is 94.0 Å². The third-order valence-corrected chi connectivity index (χ3v) is 10.7. The first-order valence-electron chi connectivity index (χ1n) is 17.9. The molecule has 0 aliphatic rings. The van der Waals surface area contributed by atoms with Crippen LogP contribution < -0.4 is 0 Å². The van der Waals surface area contributed by atoms with Crippen LogP contribution in [0, 0.1) is 22.7 Å². The topological polar surface area (TPSA) is 101 Å². The molecule has 11 rings (SSSR count). The molecule has 0 saturated heterocycles. The summed E-state index contributed by atoms with van der Waals surface area (Å²) in [6, 6.07) is 51.6. The second kappa shape index (κ2) is 11.7. The monoisotopic (exact) mass is 702 g/mol. The minimum Gasteiger partial charge on any atom is -0.292 e. The number of nitrogens with zero attached hydrogens (tertiary/aromatic N) is 8. The highest BCUT2D eigenvalue weighted by Crippen LogP contribution is 2.47. The molecule has 0 spiro atoms. The maximum atomic E-state index is 11.8. The van der Waals surface area contributed by atoms with Crippen molar-refractivity contribution in [3.05, 3.63) is 169 Å². The van der Waals surface area contributed by atoms with E-state index < -0.39 is 0 Å². The van der Waals surface area contributed by atoms with Gasteiger partial charge >= 0.3 is 0 Å². The Labute approximate surface area is 313 Å². The molecule has 254 valence electrons. The van der Waals surface area contributed by atoms with E-state index in [9.17, 15) is 10.5 Å². The third kappa shape index (κ3) is 4.16. The first-order valence-corrected chi connectivity index (χ1v) is 17.9. The Kier molecular flexibility index (Phi) is 6.51. The molecule has 0 unspecified atom stereocenters. The highest BCUT2D eigenvalue weighted by Gasteiger charge is 2.33. The van der Waals surface area contributed by atoms with Crippen molar-refractivity contribution in [3.63, 3.8) is 0 Å². The first-order chi connectivity index (χ1) is 27.3. The molecule has 8 heteroatoms. The Balaban J connectivity index is 1.48. The zero-order valence-corrected chi connectivity index (χ0v) is 29.1. The second-order valence-electron chi connectivity index (χ2n) is 13.4. The summed E-state index contributed by atoms with van der Waals surface area (Å²) in [7, 11) is 0. The quantitative estimate of drug-likeness (QED) is 0.182. The van der Waals surface area contributed by atoms with Crippen LogP contribution in [0.3, 0.4) is 0 Å². The summed E-state index contributed by atoms with van der Waals surface area (Å²) in [6.45, 7) is 0. The molecule has 8 nitrogen and oxygen atoms in total. The van der Waals surface area contributed by atoms with E-state index in [1.54, 1.807) is 18.6 Å². The molecule has 0 saturated carbocycles. The normalized spacial score (nSPS) is 11.6. The largest absolute Gasteiger partial charge is 0.292 e. The maximum absolute atomic E-state index is 11.8. The van der Waals surface area contributed by atoms with Gasteiger partial charge in [0, 0.05) is 56.5 Å². The Morgan fingerprint density at radius 2 is 0.727 bits per heavy atom. The van der Waals surface area contributed by atoms with Crippen LogP contribution in [0.2, 0.25) is 0 Å². The van der Waals surface area contributed by atoms with Crippen molar-refractivity contribution in [2.75, 3.05) is 0 Å². The van der Waals surface area contributed by atoms with Gasteiger partial charge in [-0.25, -0.2) is 15.0 Å². The van der Waals surface area contributed by atoms with Gasteiger partial charge in [0.1, 0.15) is 34.6 Å². The van der Waals surface area contributed by atoms with Crippen molar-refractivity contribution in [1.29, 1.82) is 10.5 Å². The zero-order valence-electron chi connectivity index (χ0n) is 29.1. The Hall–Kier alpha value is -8.07. The van der Waals surface area contributed by atoms with E-state index in [1.807, 2.05) is 103 Å². The number of fused-ring (bicyclic) bond motifs is 9. The lowest BCUT2D eigenvalue weighted by atomic mass is 9.91. The molecule has 11 aromatic rings. The molecule has 55 heavy (non-hydrogen) atoms. The van der Waals surface area contributed by atoms with Crippen molar-refractivity contribution < 1.29 is 0 Å². The Bertz CT molecular complexity index is 3300. The van der Waals surface area contributed by atoms with E-state index in [0.29, 0.717) is 50.7 Å². The van der Waals surface area contributed by atoms with E-state index in [-0.39, 0.29) is 0 Å². The molecule has 6 heterocycles. The number of pyridine rings is 3. The van der Waals surface area contributed by atoms with Crippen LogP contribution in [0.5, 0.6) is 0 Å². The number of aromatic nitrogens is 6. The van der Waals surface area contributed by atoms with Gasteiger partial charge in [0.25, 0.3) is 0 Å². The lowest BCUT2D eigenvalue weighted by molar-refractivity contribution is 1.03. The van der Waals surface area contributed by atoms with Crippen LogP contribution in [0.1, 0.15) is 11.1 Å². The molecule has 6 aromatic heterocycles. The summed E-state index contributed by atoms with van der Waals surface area (Å²) >= 11 is 0. The number of hydrogen-bond acceptors (Lipinski definition) is 5. The van der Waals surface area contributed by atoms with E-state index in [2.05, 4.69) is 62.2 Å². The minimum atomic E-state index is 0.358. The Morgan fingerprint density at radius 1 is 0.364 bits per heavy atom. The summed E-state index contributed by atoms with van der Waals surface area (Å²) in [6.07, 6.45) is 5.31. The number of hydrogen-bond donors (Lipinski definition) is 0. The highest BCUT2D eigenvalue weighted by molar-refractivity contribution is 6.13. The van der Waals surface area contributed by atoms with Crippen LogP contribution in [-0.4, -0.2) is 28.7 Å². The molecule has 0 aliphatic heterocycles. The fourth-order valence-corrected chi connectivity index (χ4v) is 8.54. The maximum Gasteiger partial charge on any atom is 0.145 e. The molecule has 0 aliphatic carbocycles. The van der Waals surface area contributed by atoms with E-state index in [0.717, 1.165) is 54.4 Å². The average molecular weight is 703 g/mol. The van der Waals surface area contributed by atoms with Crippen molar-refractivity contribution in [3.8, 4) is 40.3 Å². The minimum absolute atomic E-state index is 0.358. The molecule has 0 fully saturated rings. The van der Waals surface area contributed by atoms with Gasteiger partial charge in [-0.15, -0.1) is 0 Å². The SMILES string of the molecule is N#Cc1c(-c2ccccc2)c(-n2c3ccccc3c3cccnc32)c(C#N)c(-n2c3ccccc3c3cccnc32)c1-n1c2ccccc2c2cccnc21. The molecular formula is C47H26N8. The van der Waals surface area contributed by atoms with Crippen molar-refractivity contribution >= 4 is 65.8 Å². The fraction of sp³-hybridized carbons (Fsp3) is 0. The van der Waals surface area contributed by atoms with Crippen molar-refractivity contribution in [1.82, 2.24) is 28.7 Å². The van der Waals surface area contributed by atoms with Gasteiger partial charge < -0.3 is 0 Å². The lowest BCUT2D eigenvalue weighted by Crippen LogP contribution is -2.14. The van der Waals surface area contributed by atoms with Gasteiger partial charge in [0.05, 0.1) is 39.2 Å². The fourth-order valence-electron chi connectivity index (χ4n) is 8.54. The van der Waals surface area contributed by atoms with Gasteiger partial charge in [0.15, 0.2) is 0 Å². The smallest absolute Gasteiger partial charge is 0.145 e. The molecular weight excluding hydrogens is 677 g/mol. The third-order valence-electron chi connectivity index (χ3n) is 10.7. The standard InChI is InChI=1S/C47H26N8/c48-27-36-41(29-13-2-1-3-14-29)42(53-38-21-7-4-15-30(38)33-18-10-24-50-45(33)53)37(28-49)44(55-40-23-9-6-17-32(40)35-20-12-26-52-47(35)55)43(36)54-39-22-8-5-16-31(39)34-19-11-25-51-46(34)54/h1-26H. The van der Waals surface area contributed by atoms with Crippen molar-refractivity contribution in [2.24, 2.45) is 0 Å². The highest BCUT2D eigenvalue weighted by atomic mass is 15.1. The number of rotatable bonds is 4. The predicted octanol–water partition coefficient (Wildman–Crippen LogP) is 10.6. The predicted molar refractivity (Wildman–Crippen MR) is 218 cm³/mol. The number of nitriles is 2. The molecule has 5 aromatic carbocycles. The molecule has 0 N–H and O–H groups in total. The van der Waals surface area contributed by atoms with Gasteiger partial charge in [0.2, 0.25) is 0 Å². The van der Waals surface area contributed by atoms with Crippen molar-refractivity contribution in [2.45, 2.75) is 0 Å². The van der Waals surface area contributed by atoms with E-state index in [1.165, 1.54) is 0 Å². The lowest BCUT2D eigenvalue weighted by Gasteiger charge is -2.25. The summed E-state index contributed by atoms with van der Waals surface area (Å²) in [5.74, 6) is 0. The summed E-state index contributed by atoms with van der Waals surface area (Å²) in [5.41, 5.74) is 8.35. The van der Waals surface area contributed by atoms with E-state index in [4.69, 9.17) is 15.0 Å². The Morgan fingerprint density at radius 3 is 1.16 bits per heavy atom. The van der Waals surface area contributed by atoms with Gasteiger partial charge in [-0.2, -0.15) is 10.5 Å². The molecule has 0 bridgehead atoms. The average Bonchev–Trinajstić information content (AvgIpc) is 3.89.